The molecular weight excluding hydrogens is 1060 g/mol. The number of hydrogen-bond acceptors (Lipinski definition) is 2. The fourth-order valence-electron chi connectivity index (χ4n) is 10.4. The normalized spacial score (nSPS) is 12.4. The molecule has 0 atom stereocenters. The van der Waals surface area contributed by atoms with Crippen molar-refractivity contribution in [3.05, 3.63) is 211 Å². The van der Waals surface area contributed by atoms with E-state index in [2.05, 4.69) is 246 Å². The van der Waals surface area contributed by atoms with Gasteiger partial charge in [0, 0.05) is 44.3 Å². The first-order valence-corrected chi connectivity index (χ1v) is 24.7. The first kappa shape index (κ1) is 47.0. The van der Waals surface area contributed by atoms with E-state index < -0.39 is 0 Å². The van der Waals surface area contributed by atoms with Crippen LogP contribution < -0.4 is 9.30 Å². The summed E-state index contributed by atoms with van der Waals surface area (Å²) in [5, 5.41) is 2.18. The molecule has 6 heteroatoms. The molecule has 358 valence electrons. The third-order valence-corrected chi connectivity index (χ3v) is 14.3. The van der Waals surface area contributed by atoms with Crippen molar-refractivity contribution < 1.29 is 30.4 Å². The van der Waals surface area contributed by atoms with E-state index >= 15 is 0 Å². The van der Waals surface area contributed by atoms with Gasteiger partial charge in [-0.05, 0) is 119 Å². The van der Waals surface area contributed by atoms with E-state index in [1.165, 1.54) is 61.2 Å². The van der Waals surface area contributed by atoms with Crippen LogP contribution in [0.4, 0.5) is 0 Å². The third-order valence-electron chi connectivity index (χ3n) is 14.3. The minimum absolute atomic E-state index is 0. The zero-order valence-corrected chi connectivity index (χ0v) is 44.5. The number of fused-ring (bicyclic) bond motifs is 12. The minimum atomic E-state index is -0.0891. The molecule has 0 N–H and O–H groups in total. The average Bonchev–Trinajstić information content (AvgIpc) is 3.90. The Balaban J connectivity index is 0.00000560. The van der Waals surface area contributed by atoms with Gasteiger partial charge in [-0.2, -0.15) is 18.2 Å². The van der Waals surface area contributed by atoms with Gasteiger partial charge in [0.1, 0.15) is 5.82 Å². The van der Waals surface area contributed by atoms with Crippen LogP contribution in [0.15, 0.2) is 176 Å². The summed E-state index contributed by atoms with van der Waals surface area (Å²) in [5.74, 6) is 1.98. The predicted molar refractivity (Wildman–Crippen MR) is 291 cm³/mol. The van der Waals surface area contributed by atoms with Crippen LogP contribution in [0.5, 0.6) is 11.5 Å². The van der Waals surface area contributed by atoms with Crippen molar-refractivity contribution in [3.8, 4) is 73.2 Å². The monoisotopic (exact) mass is 1120 g/mol. The van der Waals surface area contributed by atoms with E-state index in [0.717, 1.165) is 50.0 Å². The van der Waals surface area contributed by atoms with Crippen molar-refractivity contribution in [2.75, 3.05) is 0 Å². The molecule has 0 radical (unpaired) electrons. The van der Waals surface area contributed by atoms with Crippen molar-refractivity contribution in [2.45, 2.75) is 78.6 Å². The number of aromatic nitrogens is 4. The van der Waals surface area contributed by atoms with Crippen LogP contribution in [0.2, 0.25) is 0 Å². The Morgan fingerprint density at radius 3 is 1.60 bits per heavy atom. The fraction of sp³-hybridized carbons (Fsp3) is 0.182. The largest absolute Gasteiger partial charge is 0.510 e. The molecule has 0 aliphatic heterocycles. The summed E-state index contributed by atoms with van der Waals surface area (Å²) in [6.45, 7) is 20.4. The Kier molecular flexibility index (Phi) is 11.4. The quantitative estimate of drug-likeness (QED) is 0.127. The third kappa shape index (κ3) is 8.09. The van der Waals surface area contributed by atoms with E-state index in [9.17, 15) is 0 Å². The second-order valence-corrected chi connectivity index (χ2v) is 22.2. The van der Waals surface area contributed by atoms with E-state index in [1.807, 2.05) is 24.4 Å². The maximum atomic E-state index is 6.81. The summed E-state index contributed by atoms with van der Waals surface area (Å²) in [6.07, 6.45) is 5.66. The Morgan fingerprint density at radius 1 is 0.458 bits per heavy atom. The number of nitrogens with zero attached hydrogens (tertiary/aromatic N) is 4. The van der Waals surface area contributed by atoms with Gasteiger partial charge >= 0.3 is 0 Å². The van der Waals surface area contributed by atoms with Gasteiger partial charge in [-0.15, -0.1) is 29.7 Å². The first-order valence-electron chi connectivity index (χ1n) is 24.7. The zero-order valence-electron chi connectivity index (χ0n) is 42.3. The van der Waals surface area contributed by atoms with Gasteiger partial charge in [0.2, 0.25) is 0 Å². The van der Waals surface area contributed by atoms with Crippen LogP contribution in [-0.4, -0.2) is 14.1 Å². The molecule has 8 aromatic carbocycles. The molecule has 0 saturated heterocycles. The van der Waals surface area contributed by atoms with Crippen molar-refractivity contribution in [1.82, 2.24) is 14.1 Å². The number of rotatable bonds is 5. The topological polar surface area (TPSA) is 35.9 Å². The minimum Gasteiger partial charge on any atom is -0.510 e. The molecule has 3 aromatic heterocycles. The molecule has 0 amide bonds. The molecule has 11 aromatic rings. The molecule has 1 aliphatic carbocycles. The Hall–Kier alpha value is -7.33. The average molecular weight is 1120 g/mol. The second kappa shape index (κ2) is 17.5. The van der Waals surface area contributed by atoms with Crippen molar-refractivity contribution in [2.24, 2.45) is 0 Å². The molecule has 0 bridgehead atoms. The Labute approximate surface area is 437 Å². The van der Waals surface area contributed by atoms with Crippen molar-refractivity contribution in [3.63, 3.8) is 0 Å². The van der Waals surface area contributed by atoms with Crippen LogP contribution in [0.25, 0.3) is 94.5 Å². The number of benzene rings is 8. The van der Waals surface area contributed by atoms with Gasteiger partial charge in [0.05, 0.1) is 16.7 Å². The number of hydrogen-bond donors (Lipinski definition) is 0. The number of para-hydroxylation sites is 2. The van der Waals surface area contributed by atoms with Gasteiger partial charge in [-0.25, -0.2) is 4.98 Å². The van der Waals surface area contributed by atoms with Gasteiger partial charge in [0.15, 0.2) is 0 Å². The maximum Gasteiger partial charge on any atom is 0.268 e. The summed E-state index contributed by atoms with van der Waals surface area (Å²) < 4.78 is 13.3. The van der Waals surface area contributed by atoms with Crippen LogP contribution in [0.1, 0.15) is 79.0 Å². The molecule has 3 heterocycles. The predicted octanol–water partition coefficient (Wildman–Crippen LogP) is 16.5. The molecular formula is C66H56N4OPt-2. The molecule has 12 rings (SSSR count). The van der Waals surface area contributed by atoms with Crippen LogP contribution in [-0.2, 0) is 37.3 Å². The number of ether oxygens (including phenoxy) is 1. The smallest absolute Gasteiger partial charge is 0.268 e. The van der Waals surface area contributed by atoms with E-state index in [-0.39, 0.29) is 37.3 Å². The summed E-state index contributed by atoms with van der Waals surface area (Å²) in [4.78, 5) is 5.08. The number of pyridine rings is 1. The van der Waals surface area contributed by atoms with Gasteiger partial charge < -0.3 is 13.9 Å². The van der Waals surface area contributed by atoms with Crippen LogP contribution in [0.3, 0.4) is 0 Å². The molecule has 0 saturated carbocycles. The maximum absolute atomic E-state index is 6.81. The molecule has 1 aliphatic rings. The zero-order chi connectivity index (χ0) is 49.0. The Morgan fingerprint density at radius 2 is 1.00 bits per heavy atom. The molecule has 72 heavy (non-hydrogen) atoms. The van der Waals surface area contributed by atoms with Crippen LogP contribution in [0, 0.1) is 18.5 Å². The van der Waals surface area contributed by atoms with E-state index in [0.29, 0.717) is 11.5 Å². The van der Waals surface area contributed by atoms with Gasteiger partial charge in [0.25, 0.3) is 6.33 Å². The summed E-state index contributed by atoms with van der Waals surface area (Å²) in [7, 11) is 0. The van der Waals surface area contributed by atoms with Crippen LogP contribution >= 0.6 is 0 Å². The molecule has 0 unspecified atom stereocenters. The summed E-state index contributed by atoms with van der Waals surface area (Å²) in [6, 6.07) is 68.6. The second-order valence-electron chi connectivity index (χ2n) is 22.2. The Bertz CT molecular complexity index is 3890. The van der Waals surface area contributed by atoms with Crippen molar-refractivity contribution in [1.29, 1.82) is 0 Å². The van der Waals surface area contributed by atoms with Crippen molar-refractivity contribution >= 4 is 32.8 Å². The molecule has 0 spiro atoms. The van der Waals surface area contributed by atoms with Gasteiger partial charge in [-0.3, -0.25) is 4.57 Å². The SMILES string of the molecule is CC(C)(C)c1cc(-[n+]2[c-]n(-c3[c-]c(Oc4[c-]c5c(cc4)c4cc6c(cc4n5-c4cc(C(C)(C)C)ccn4)-c4ccccc4-c4ccccc4-c4ccccc4-6)ccc3)c3ccccc32)cc(C(C)(C)C)c1.[Pt]. The fourth-order valence-corrected chi connectivity index (χ4v) is 10.4. The van der Waals surface area contributed by atoms with E-state index in [1.54, 1.807) is 0 Å². The first-order chi connectivity index (χ1) is 34.1. The summed E-state index contributed by atoms with van der Waals surface area (Å²) in [5.41, 5.74) is 19.1. The molecule has 0 fully saturated rings. The van der Waals surface area contributed by atoms with E-state index in [4.69, 9.17) is 9.72 Å². The van der Waals surface area contributed by atoms with Gasteiger partial charge in [-0.1, -0.05) is 177 Å². The summed E-state index contributed by atoms with van der Waals surface area (Å²) >= 11 is 0. The number of imidazole rings is 1. The molecule has 5 nitrogen and oxygen atoms in total. The standard InChI is InChI=1S/C66H56N4O.Pt/c1-64(2,3)42-31-32-67-63(36-42)70-61-38-48(29-30-55(61)58-39-56-53-25-14-12-23-51(53)49-21-10-11-22-50(49)52-24-13-15-26-54(52)57(56)40-62(58)70)71-47-20-18-19-45(37-47)68-41-69(60-28-17-16-27-59(60)68)46-34-43(65(4,5)6)33-44(35-46)66(7,8)9;/h10-36,39-40H,1-9H3;/q-2;.